The number of hydrogen-bond acceptors (Lipinski definition) is 6. The van der Waals surface area contributed by atoms with Crippen LogP contribution in [0.1, 0.15) is 11.1 Å². The number of carbonyl (C=O) groups excluding carboxylic acids is 1. The Balaban J connectivity index is 1.85. The molecule has 0 spiro atoms. The molecule has 3 rings (SSSR count). The summed E-state index contributed by atoms with van der Waals surface area (Å²) in [6.45, 7) is 0.462. The zero-order valence-electron chi connectivity index (χ0n) is 14.2. The van der Waals surface area contributed by atoms with Crippen molar-refractivity contribution in [1.82, 2.24) is 0 Å². The molecule has 4 nitrogen and oxygen atoms in total. The fourth-order valence-electron chi connectivity index (χ4n) is 2.33. The molecule has 0 fully saturated rings. The second kappa shape index (κ2) is 8.96. The lowest BCUT2D eigenvalue weighted by Gasteiger charge is -2.13. The Hall–Kier alpha value is -1.45. The summed E-state index contributed by atoms with van der Waals surface area (Å²) in [6.07, 6.45) is 3.69. The first kappa shape index (κ1) is 19.3. The van der Waals surface area contributed by atoms with E-state index >= 15 is 0 Å². The van der Waals surface area contributed by atoms with Crippen LogP contribution in [0.3, 0.4) is 0 Å². The van der Waals surface area contributed by atoms with Crippen LogP contribution in [0.15, 0.2) is 53.2 Å². The highest BCUT2D eigenvalue weighted by Gasteiger charge is 2.22. The van der Waals surface area contributed by atoms with Crippen LogP contribution in [0.4, 0.5) is 0 Å². The predicted molar refractivity (Wildman–Crippen MR) is 118 cm³/mol. The molecule has 0 atom stereocenters. The third-order valence-electron chi connectivity index (χ3n) is 3.56. The molecule has 0 saturated carbocycles. The molecule has 1 heterocycles. The molecule has 0 amide bonds. The lowest BCUT2D eigenvalue weighted by Crippen LogP contribution is -2.00. The van der Waals surface area contributed by atoms with Gasteiger partial charge in [0.2, 0.25) is 5.12 Å². The molecule has 0 aromatic heterocycles. The first-order valence-corrected chi connectivity index (χ1v) is 10.8. The molecule has 0 saturated heterocycles. The molecule has 26 heavy (non-hydrogen) atoms. The van der Waals surface area contributed by atoms with Crippen LogP contribution in [0.2, 0.25) is 0 Å². The molecule has 0 bridgehead atoms. The van der Waals surface area contributed by atoms with E-state index in [1.807, 2.05) is 48.7 Å². The lowest BCUT2D eigenvalue weighted by molar-refractivity contribution is -0.107. The smallest absolute Gasteiger partial charge is 0.244 e. The molecular weight excluding hydrogens is 481 g/mol. The van der Waals surface area contributed by atoms with Crippen molar-refractivity contribution < 1.29 is 14.3 Å². The van der Waals surface area contributed by atoms with Gasteiger partial charge in [0, 0.05) is 0 Å². The van der Waals surface area contributed by atoms with Crippen molar-refractivity contribution in [2.24, 2.45) is 4.99 Å². The third-order valence-corrected chi connectivity index (χ3v) is 6.21. The van der Waals surface area contributed by atoms with E-state index < -0.39 is 0 Å². The number of methoxy groups -OCH3 is 1. The number of hydrogen-bond donors (Lipinski definition) is 0. The predicted octanol–water partition coefficient (Wildman–Crippen LogP) is 5.21. The maximum Gasteiger partial charge on any atom is 0.244 e. The van der Waals surface area contributed by atoms with Crippen LogP contribution in [-0.4, -0.2) is 22.9 Å². The van der Waals surface area contributed by atoms with Gasteiger partial charge in [-0.1, -0.05) is 30.3 Å². The highest BCUT2D eigenvalue weighted by Crippen LogP contribution is 2.36. The summed E-state index contributed by atoms with van der Waals surface area (Å²) in [5.74, 6) is 1.33. The monoisotopic (exact) mass is 497 g/mol. The summed E-state index contributed by atoms with van der Waals surface area (Å²) in [7, 11) is 1.61. The van der Waals surface area contributed by atoms with Gasteiger partial charge in [0.15, 0.2) is 11.5 Å². The van der Waals surface area contributed by atoms with Crippen molar-refractivity contribution in [2.45, 2.75) is 6.61 Å². The third kappa shape index (κ3) is 4.63. The van der Waals surface area contributed by atoms with E-state index in [2.05, 4.69) is 27.6 Å². The molecule has 0 N–H and O–H groups in total. The van der Waals surface area contributed by atoms with Crippen molar-refractivity contribution >= 4 is 61.7 Å². The molecule has 0 aliphatic carbocycles. The Morgan fingerprint density at radius 2 is 2.04 bits per heavy atom. The number of rotatable bonds is 5. The summed E-state index contributed by atoms with van der Waals surface area (Å²) in [6, 6.07) is 13.8. The van der Waals surface area contributed by atoms with E-state index in [1.165, 1.54) is 11.8 Å². The minimum absolute atomic E-state index is 0.0345. The van der Waals surface area contributed by atoms with Gasteiger partial charge >= 0.3 is 0 Å². The van der Waals surface area contributed by atoms with E-state index in [4.69, 9.17) is 9.47 Å². The Morgan fingerprint density at radius 1 is 1.27 bits per heavy atom. The van der Waals surface area contributed by atoms with Gasteiger partial charge < -0.3 is 9.47 Å². The summed E-state index contributed by atoms with van der Waals surface area (Å²) >= 11 is 4.85. The maximum atomic E-state index is 12.0. The van der Waals surface area contributed by atoms with Crippen molar-refractivity contribution in [1.29, 1.82) is 0 Å². The van der Waals surface area contributed by atoms with Crippen LogP contribution in [0.25, 0.3) is 6.08 Å². The van der Waals surface area contributed by atoms with Crippen LogP contribution in [0, 0.1) is 3.57 Å². The average Bonchev–Trinajstić information content (AvgIpc) is 3.01. The second-order valence-electron chi connectivity index (χ2n) is 5.31. The number of ether oxygens (including phenoxy) is 2. The first-order chi connectivity index (χ1) is 12.6. The number of nitrogens with zero attached hydrogens (tertiary/aromatic N) is 1. The lowest BCUT2D eigenvalue weighted by atomic mass is 10.1. The molecule has 1 aliphatic heterocycles. The number of halogens is 1. The molecule has 7 heteroatoms. The minimum atomic E-state index is -0.0345. The van der Waals surface area contributed by atoms with Gasteiger partial charge in [-0.15, -0.1) is 11.8 Å². The summed E-state index contributed by atoms with van der Waals surface area (Å²) in [5, 5.41) is -0.0345. The van der Waals surface area contributed by atoms with E-state index in [9.17, 15) is 4.79 Å². The SMILES string of the molecule is COc1cc(/C=C2\N=C(SC)SC2=O)cc(I)c1OCc1ccccc1. The summed E-state index contributed by atoms with van der Waals surface area (Å²) in [4.78, 5) is 16.4. The van der Waals surface area contributed by atoms with E-state index in [-0.39, 0.29) is 5.12 Å². The van der Waals surface area contributed by atoms with Gasteiger partial charge in [-0.3, -0.25) is 4.79 Å². The van der Waals surface area contributed by atoms with Crippen molar-refractivity contribution in [3.05, 3.63) is 62.9 Å². The molecule has 0 radical (unpaired) electrons. The topological polar surface area (TPSA) is 47.9 Å². The van der Waals surface area contributed by atoms with Crippen molar-refractivity contribution in [3.8, 4) is 11.5 Å². The van der Waals surface area contributed by atoms with Crippen LogP contribution in [0.5, 0.6) is 11.5 Å². The Kier molecular flexibility index (Phi) is 6.66. The zero-order chi connectivity index (χ0) is 18.5. The molecule has 2 aromatic rings. The van der Waals surface area contributed by atoms with Crippen LogP contribution < -0.4 is 9.47 Å². The normalized spacial score (nSPS) is 15.3. The number of thioether (sulfide) groups is 2. The second-order valence-corrected chi connectivity index (χ2v) is 8.49. The zero-order valence-corrected chi connectivity index (χ0v) is 18.0. The minimum Gasteiger partial charge on any atom is -0.493 e. The van der Waals surface area contributed by atoms with Gasteiger partial charge in [-0.2, -0.15) is 0 Å². The standard InChI is InChI=1S/C19H16INO3S2/c1-23-16-10-13(9-15-18(22)26-19(21-15)25-2)8-14(20)17(16)24-11-12-6-4-3-5-7-12/h3-10H,11H2,1-2H3/b15-9-. The van der Waals surface area contributed by atoms with Gasteiger partial charge in [-0.25, -0.2) is 4.99 Å². The quantitative estimate of drug-likeness (QED) is 0.419. The fraction of sp³-hybridized carbons (Fsp3) is 0.158. The largest absolute Gasteiger partial charge is 0.493 e. The van der Waals surface area contributed by atoms with Crippen LogP contribution >= 0.6 is 46.1 Å². The Morgan fingerprint density at radius 3 is 2.69 bits per heavy atom. The summed E-state index contributed by atoms with van der Waals surface area (Å²) in [5.41, 5.74) is 2.40. The van der Waals surface area contributed by atoms with Crippen molar-refractivity contribution in [2.75, 3.05) is 13.4 Å². The highest BCUT2D eigenvalue weighted by atomic mass is 127. The maximum absolute atomic E-state index is 12.0. The van der Waals surface area contributed by atoms with E-state index in [0.29, 0.717) is 23.8 Å². The van der Waals surface area contributed by atoms with Gasteiger partial charge in [0.25, 0.3) is 0 Å². The molecular formula is C19H16INO3S2. The van der Waals surface area contributed by atoms with Crippen LogP contribution in [-0.2, 0) is 11.4 Å². The Labute approximate surface area is 174 Å². The first-order valence-electron chi connectivity index (χ1n) is 7.71. The molecule has 0 unspecified atom stereocenters. The molecule has 134 valence electrons. The number of benzene rings is 2. The van der Waals surface area contributed by atoms with E-state index in [0.717, 1.165) is 30.8 Å². The number of carbonyl (C=O) groups is 1. The Bertz CT molecular complexity index is 882. The molecule has 2 aromatic carbocycles. The van der Waals surface area contributed by atoms with E-state index in [1.54, 1.807) is 13.2 Å². The average molecular weight is 497 g/mol. The fourth-order valence-corrected chi connectivity index (χ4v) is 4.37. The highest BCUT2D eigenvalue weighted by molar-refractivity contribution is 14.1. The molecule has 1 aliphatic rings. The summed E-state index contributed by atoms with van der Waals surface area (Å²) < 4.78 is 13.2. The van der Waals surface area contributed by atoms with Crippen molar-refractivity contribution in [3.63, 3.8) is 0 Å². The van der Waals surface area contributed by atoms with Gasteiger partial charge in [-0.05, 0) is 69.9 Å². The van der Waals surface area contributed by atoms with Gasteiger partial charge in [0.1, 0.15) is 16.7 Å². The number of aliphatic imine (C=N–C) groups is 1. The van der Waals surface area contributed by atoms with Gasteiger partial charge in [0.05, 0.1) is 10.7 Å².